The molecule has 0 saturated heterocycles. The molecule has 0 aromatic heterocycles. The molecule has 0 aromatic rings. The minimum Gasteiger partial charge on any atom is -0.466 e. The Hall–Kier alpha value is -1.92. The lowest BCUT2D eigenvalue weighted by molar-refractivity contribution is -0.143. The van der Waals surface area contributed by atoms with Crippen LogP contribution in [0.1, 0.15) is 316 Å². The summed E-state index contributed by atoms with van der Waals surface area (Å²) < 4.78 is 5.48. The van der Waals surface area contributed by atoms with Crippen LogP contribution in [-0.4, -0.2) is 47.4 Å². The second-order valence-corrected chi connectivity index (χ2v) is 20.3. The van der Waals surface area contributed by atoms with Crippen LogP contribution in [0.25, 0.3) is 0 Å². The molecule has 2 atom stereocenters. The van der Waals surface area contributed by atoms with E-state index < -0.39 is 12.1 Å². The van der Waals surface area contributed by atoms with Gasteiger partial charge in [0.25, 0.3) is 0 Å². The van der Waals surface area contributed by atoms with E-state index in [2.05, 4.69) is 43.5 Å². The van der Waals surface area contributed by atoms with Gasteiger partial charge in [0.2, 0.25) is 5.91 Å². The SMILES string of the molecule is CCCCC/C=C\C/C=C\CCCCCCCC(=O)OCCCCCCCCCCCCCCCCCCCCCCCCC(=O)NC(CO)C(O)/C=C/CCCCCCCCCCCCC. The monoisotopic (exact) mass is 942 g/mol. The zero-order chi connectivity index (χ0) is 48.6. The smallest absolute Gasteiger partial charge is 0.305 e. The summed E-state index contributed by atoms with van der Waals surface area (Å²) in [5.41, 5.74) is 0. The second-order valence-electron chi connectivity index (χ2n) is 20.3. The van der Waals surface area contributed by atoms with Crippen molar-refractivity contribution in [2.24, 2.45) is 0 Å². The summed E-state index contributed by atoms with van der Waals surface area (Å²) >= 11 is 0. The highest BCUT2D eigenvalue weighted by atomic mass is 16.5. The van der Waals surface area contributed by atoms with Gasteiger partial charge < -0.3 is 20.3 Å². The van der Waals surface area contributed by atoms with Gasteiger partial charge >= 0.3 is 5.97 Å². The van der Waals surface area contributed by atoms with E-state index >= 15 is 0 Å². The standard InChI is InChI=1S/C61H115NO5/c1-3-5-7-9-11-13-15-17-26-31-35-39-43-47-51-55-61(66)67-56-52-48-44-40-36-32-28-25-23-21-19-18-20-22-24-27-30-34-38-42-46-50-54-60(65)62-58(57-63)59(64)53-49-45-41-37-33-29-16-14-12-10-8-6-4-2/h11,13,17,26,49,53,58-59,63-64H,3-10,12,14-16,18-25,27-48,50-52,54-57H2,1-2H3,(H,62,65)/b13-11-,26-17-,53-49+. The number of amides is 1. The van der Waals surface area contributed by atoms with Crippen LogP contribution >= 0.6 is 0 Å². The Morgan fingerprint density at radius 2 is 0.746 bits per heavy atom. The van der Waals surface area contributed by atoms with Crippen LogP contribution in [0.4, 0.5) is 0 Å². The predicted octanol–water partition coefficient (Wildman–Crippen LogP) is 18.4. The summed E-state index contributed by atoms with van der Waals surface area (Å²) in [6.45, 7) is 4.87. The van der Waals surface area contributed by atoms with Gasteiger partial charge in [-0.3, -0.25) is 9.59 Å². The first-order valence-corrected chi connectivity index (χ1v) is 29.8. The van der Waals surface area contributed by atoms with Gasteiger partial charge in [-0.15, -0.1) is 0 Å². The van der Waals surface area contributed by atoms with E-state index in [0.29, 0.717) is 19.4 Å². The van der Waals surface area contributed by atoms with Gasteiger partial charge in [-0.2, -0.15) is 0 Å². The van der Waals surface area contributed by atoms with Crippen LogP contribution in [0, 0.1) is 0 Å². The van der Waals surface area contributed by atoms with Crippen molar-refractivity contribution >= 4 is 11.9 Å². The first kappa shape index (κ1) is 65.1. The Labute approximate surface area is 417 Å². The number of ether oxygens (including phenoxy) is 1. The lowest BCUT2D eigenvalue weighted by atomic mass is 10.0. The van der Waals surface area contributed by atoms with Gasteiger partial charge in [0.05, 0.1) is 25.4 Å². The normalized spacial score (nSPS) is 12.8. The number of aliphatic hydroxyl groups is 2. The van der Waals surface area contributed by atoms with Crippen molar-refractivity contribution in [3.05, 3.63) is 36.5 Å². The molecule has 0 aliphatic heterocycles. The molecule has 0 bridgehead atoms. The van der Waals surface area contributed by atoms with Crippen molar-refractivity contribution < 1.29 is 24.5 Å². The third-order valence-corrected chi connectivity index (χ3v) is 13.7. The molecule has 0 aromatic carbocycles. The van der Waals surface area contributed by atoms with Crippen LogP contribution in [-0.2, 0) is 14.3 Å². The van der Waals surface area contributed by atoms with Gasteiger partial charge in [0.1, 0.15) is 0 Å². The van der Waals surface area contributed by atoms with Crippen LogP contribution in [0.5, 0.6) is 0 Å². The van der Waals surface area contributed by atoms with E-state index in [1.807, 2.05) is 6.08 Å². The number of rotatable bonds is 55. The first-order chi connectivity index (χ1) is 33.0. The number of aliphatic hydroxyl groups excluding tert-OH is 2. The fourth-order valence-corrected chi connectivity index (χ4v) is 9.08. The minimum atomic E-state index is -0.844. The van der Waals surface area contributed by atoms with E-state index in [1.54, 1.807) is 6.08 Å². The predicted molar refractivity (Wildman–Crippen MR) is 292 cm³/mol. The molecule has 0 aliphatic carbocycles. The summed E-state index contributed by atoms with van der Waals surface area (Å²) in [5.74, 6) is -0.0698. The molecular weight excluding hydrogens is 827 g/mol. The van der Waals surface area contributed by atoms with Crippen molar-refractivity contribution in [3.63, 3.8) is 0 Å². The van der Waals surface area contributed by atoms with Gasteiger partial charge in [-0.1, -0.05) is 275 Å². The Morgan fingerprint density at radius 3 is 1.16 bits per heavy atom. The maximum atomic E-state index is 12.4. The third kappa shape index (κ3) is 53.3. The van der Waals surface area contributed by atoms with Gasteiger partial charge in [-0.05, 0) is 64.2 Å². The molecule has 6 heteroatoms. The highest BCUT2D eigenvalue weighted by Gasteiger charge is 2.18. The summed E-state index contributed by atoms with van der Waals surface area (Å²) in [5, 5.41) is 23.1. The van der Waals surface area contributed by atoms with Crippen molar-refractivity contribution in [1.29, 1.82) is 0 Å². The molecule has 67 heavy (non-hydrogen) atoms. The van der Waals surface area contributed by atoms with Crippen molar-refractivity contribution in [2.75, 3.05) is 13.2 Å². The number of carbonyl (C=O) groups excluding carboxylic acids is 2. The van der Waals surface area contributed by atoms with E-state index in [9.17, 15) is 19.8 Å². The number of allylic oxidation sites excluding steroid dienone is 5. The second kappa shape index (κ2) is 56.7. The molecule has 2 unspecified atom stereocenters. The molecule has 0 aliphatic rings. The number of hydrogen-bond acceptors (Lipinski definition) is 5. The Bertz CT molecular complexity index is 1090. The Balaban J connectivity index is 3.40. The summed E-state index contributed by atoms with van der Waals surface area (Å²) in [6.07, 6.45) is 70.3. The molecule has 1 amide bonds. The quantitative estimate of drug-likeness (QED) is 0.0321. The van der Waals surface area contributed by atoms with Crippen molar-refractivity contribution in [3.8, 4) is 0 Å². The zero-order valence-electron chi connectivity index (χ0n) is 44.9. The maximum absolute atomic E-state index is 12.4. The minimum absolute atomic E-state index is 0.00152. The number of hydrogen-bond donors (Lipinski definition) is 3. The van der Waals surface area contributed by atoms with Gasteiger partial charge in [0, 0.05) is 12.8 Å². The number of unbranched alkanes of at least 4 members (excludes halogenated alkanes) is 40. The molecule has 3 N–H and O–H groups in total. The molecule has 6 nitrogen and oxygen atoms in total. The Morgan fingerprint density at radius 1 is 0.418 bits per heavy atom. The zero-order valence-corrected chi connectivity index (χ0v) is 44.9. The molecule has 0 saturated carbocycles. The van der Waals surface area contributed by atoms with Crippen molar-refractivity contribution in [2.45, 2.75) is 328 Å². The van der Waals surface area contributed by atoms with E-state index in [-0.39, 0.29) is 18.5 Å². The lowest BCUT2D eigenvalue weighted by Gasteiger charge is -2.20. The average Bonchev–Trinajstić information content (AvgIpc) is 3.33. The van der Waals surface area contributed by atoms with Crippen LogP contribution in [0.2, 0.25) is 0 Å². The van der Waals surface area contributed by atoms with Gasteiger partial charge in [-0.25, -0.2) is 0 Å². The summed E-state index contributed by atoms with van der Waals surface area (Å²) in [4.78, 5) is 24.5. The summed E-state index contributed by atoms with van der Waals surface area (Å²) in [7, 11) is 0. The highest BCUT2D eigenvalue weighted by molar-refractivity contribution is 5.76. The first-order valence-electron chi connectivity index (χ1n) is 29.8. The largest absolute Gasteiger partial charge is 0.466 e. The molecule has 394 valence electrons. The molecular formula is C61H115NO5. The molecule has 0 heterocycles. The molecule has 0 fully saturated rings. The van der Waals surface area contributed by atoms with Crippen LogP contribution < -0.4 is 5.32 Å². The molecule has 0 spiro atoms. The lowest BCUT2D eigenvalue weighted by Crippen LogP contribution is -2.45. The fourth-order valence-electron chi connectivity index (χ4n) is 9.08. The molecule has 0 radical (unpaired) electrons. The number of esters is 1. The van der Waals surface area contributed by atoms with E-state index in [1.165, 1.54) is 238 Å². The van der Waals surface area contributed by atoms with E-state index in [0.717, 1.165) is 51.4 Å². The Kier molecular flexibility index (Phi) is 55.0. The highest BCUT2D eigenvalue weighted by Crippen LogP contribution is 2.17. The number of carbonyl (C=O) groups is 2. The maximum Gasteiger partial charge on any atom is 0.305 e. The summed E-state index contributed by atoms with van der Waals surface area (Å²) in [6, 6.07) is -0.627. The average molecular weight is 943 g/mol. The van der Waals surface area contributed by atoms with E-state index in [4.69, 9.17) is 4.74 Å². The fraction of sp³-hybridized carbons (Fsp3) is 0.869. The third-order valence-electron chi connectivity index (χ3n) is 13.7. The van der Waals surface area contributed by atoms with Gasteiger partial charge in [0.15, 0.2) is 0 Å². The van der Waals surface area contributed by atoms with Crippen molar-refractivity contribution in [1.82, 2.24) is 5.32 Å². The van der Waals surface area contributed by atoms with Crippen LogP contribution in [0.15, 0.2) is 36.5 Å². The number of nitrogens with one attached hydrogen (secondary N) is 1. The van der Waals surface area contributed by atoms with Crippen LogP contribution in [0.3, 0.4) is 0 Å². The molecule has 0 rings (SSSR count). The topological polar surface area (TPSA) is 95.9 Å².